The minimum atomic E-state index is -1.07. The lowest BCUT2D eigenvalue weighted by Crippen LogP contribution is -2.18. The number of aromatic hydroxyl groups is 1. The summed E-state index contributed by atoms with van der Waals surface area (Å²) in [5.41, 5.74) is 0.837. The van der Waals surface area contributed by atoms with Gasteiger partial charge in [-0.3, -0.25) is 14.2 Å². The van der Waals surface area contributed by atoms with Crippen LogP contribution in [0.4, 0.5) is 8.78 Å². The molecule has 3 aromatic rings. The molecule has 0 aliphatic rings. The van der Waals surface area contributed by atoms with E-state index < -0.39 is 35.2 Å². The highest BCUT2D eigenvalue weighted by Crippen LogP contribution is 2.38. The minimum Gasteiger partial charge on any atom is -0.505 e. The van der Waals surface area contributed by atoms with E-state index in [9.17, 15) is 28.6 Å². The van der Waals surface area contributed by atoms with Gasteiger partial charge in [0.2, 0.25) is 0 Å². The molecule has 0 fully saturated rings. The normalized spacial score (nSPS) is 13.4. The van der Waals surface area contributed by atoms with E-state index in [1.807, 2.05) is 13.8 Å². The molecule has 2 unspecified atom stereocenters. The molecule has 0 saturated carbocycles. The number of hydrogen-bond acceptors (Lipinski definition) is 3. The highest BCUT2D eigenvalue weighted by Gasteiger charge is 2.31. The summed E-state index contributed by atoms with van der Waals surface area (Å²) >= 11 is 0. The van der Waals surface area contributed by atoms with Gasteiger partial charge in [0.15, 0.2) is 11.6 Å². The highest BCUT2D eigenvalue weighted by atomic mass is 19.1. The number of benzene rings is 2. The number of carbonyl (C=O) groups is 2. The Balaban J connectivity index is 2.31. The van der Waals surface area contributed by atoms with Gasteiger partial charge in [-0.15, -0.1) is 0 Å². The van der Waals surface area contributed by atoms with Crippen LogP contribution >= 0.6 is 0 Å². The largest absolute Gasteiger partial charge is 0.505 e. The molecule has 0 saturated heterocycles. The molecular weight excluding hydrogens is 392 g/mol. The summed E-state index contributed by atoms with van der Waals surface area (Å²) in [6.45, 7) is 5.46. The summed E-state index contributed by atoms with van der Waals surface area (Å²) in [5.74, 6) is -4.70. The van der Waals surface area contributed by atoms with Crippen LogP contribution in [0.2, 0.25) is 0 Å². The van der Waals surface area contributed by atoms with Gasteiger partial charge in [0.05, 0.1) is 11.4 Å². The van der Waals surface area contributed by atoms with Crippen molar-refractivity contribution in [2.45, 2.75) is 39.5 Å². The van der Waals surface area contributed by atoms with Crippen molar-refractivity contribution in [3.8, 4) is 5.75 Å². The Morgan fingerprint density at radius 2 is 1.87 bits per heavy atom. The lowest BCUT2D eigenvalue weighted by atomic mass is 9.87. The van der Waals surface area contributed by atoms with Crippen LogP contribution in [0, 0.1) is 24.5 Å². The number of hydrogen-bond donors (Lipinski definition) is 2. The van der Waals surface area contributed by atoms with Crippen LogP contribution in [0.5, 0.6) is 5.75 Å². The average molecular weight is 415 g/mol. The number of aliphatic carboxylic acids is 1. The molecule has 0 amide bonds. The van der Waals surface area contributed by atoms with Gasteiger partial charge in [-0.1, -0.05) is 26.3 Å². The number of aromatic nitrogens is 1. The topological polar surface area (TPSA) is 79.5 Å². The van der Waals surface area contributed by atoms with Gasteiger partial charge in [0.1, 0.15) is 5.82 Å². The molecule has 2 N–H and O–H groups in total. The monoisotopic (exact) mass is 415 g/mol. The zero-order valence-corrected chi connectivity index (χ0v) is 16.9. The van der Waals surface area contributed by atoms with E-state index in [-0.39, 0.29) is 22.4 Å². The Labute approximate surface area is 172 Å². The first-order chi connectivity index (χ1) is 14.1. The van der Waals surface area contributed by atoms with Gasteiger partial charge < -0.3 is 10.2 Å². The molecule has 7 heteroatoms. The average Bonchev–Trinajstić information content (AvgIpc) is 2.96. The maximum Gasteiger partial charge on any atom is 0.311 e. The van der Waals surface area contributed by atoms with Crippen LogP contribution in [0.15, 0.2) is 36.4 Å². The summed E-state index contributed by atoms with van der Waals surface area (Å²) in [7, 11) is 0. The van der Waals surface area contributed by atoms with Crippen molar-refractivity contribution >= 4 is 22.8 Å². The van der Waals surface area contributed by atoms with Gasteiger partial charge in [-0.2, -0.15) is 0 Å². The molecule has 2 atom stereocenters. The third-order valence-electron chi connectivity index (χ3n) is 5.58. The molecule has 3 rings (SSSR count). The number of carboxylic acids is 1. The van der Waals surface area contributed by atoms with Crippen molar-refractivity contribution in [1.82, 2.24) is 4.57 Å². The van der Waals surface area contributed by atoms with Gasteiger partial charge in [0, 0.05) is 22.7 Å². The summed E-state index contributed by atoms with van der Waals surface area (Å²) in [5, 5.41) is 20.1. The zero-order chi connectivity index (χ0) is 22.2. The number of carboxylic acid groups (broad SMARTS) is 1. The first-order valence-electron chi connectivity index (χ1n) is 9.72. The number of phenolic OH excluding ortho intramolecular Hbond substituents is 1. The number of phenols is 1. The van der Waals surface area contributed by atoms with E-state index in [1.54, 1.807) is 6.92 Å². The lowest BCUT2D eigenvalue weighted by molar-refractivity contribution is -0.139. The highest BCUT2D eigenvalue weighted by molar-refractivity contribution is 6.05. The Kier molecular flexibility index (Phi) is 5.92. The maximum atomic E-state index is 14.2. The number of carbonyl (C=O) groups excluding carboxylic acids is 1. The molecule has 0 aliphatic carbocycles. The molecule has 1 heterocycles. The zero-order valence-electron chi connectivity index (χ0n) is 16.9. The van der Waals surface area contributed by atoms with E-state index in [0.29, 0.717) is 17.7 Å². The number of rotatable bonds is 6. The number of halogens is 2. The Morgan fingerprint density at radius 1 is 1.17 bits per heavy atom. The first kappa shape index (κ1) is 21.5. The second-order valence-corrected chi connectivity index (χ2v) is 7.61. The molecule has 0 spiro atoms. The molecule has 158 valence electrons. The second kappa shape index (κ2) is 8.26. The van der Waals surface area contributed by atoms with Crippen molar-refractivity contribution in [3.05, 3.63) is 64.9 Å². The molecule has 2 aromatic carbocycles. The Bertz CT molecular complexity index is 1140. The fourth-order valence-corrected chi connectivity index (χ4v) is 3.81. The van der Waals surface area contributed by atoms with E-state index in [0.717, 1.165) is 24.6 Å². The molecule has 30 heavy (non-hydrogen) atoms. The van der Waals surface area contributed by atoms with Gasteiger partial charge >= 0.3 is 5.97 Å². The van der Waals surface area contributed by atoms with Crippen LogP contribution in [0.25, 0.3) is 10.9 Å². The third-order valence-corrected chi connectivity index (χ3v) is 5.58. The Hall–Kier alpha value is -3.22. The summed E-state index contributed by atoms with van der Waals surface area (Å²) in [6, 6.07) is 7.24. The van der Waals surface area contributed by atoms with Crippen LogP contribution in [-0.4, -0.2) is 26.7 Å². The maximum absolute atomic E-state index is 14.2. The first-order valence-corrected chi connectivity index (χ1v) is 9.72. The van der Waals surface area contributed by atoms with E-state index >= 15 is 0 Å². The predicted molar refractivity (Wildman–Crippen MR) is 109 cm³/mol. The van der Waals surface area contributed by atoms with Crippen LogP contribution in [0.3, 0.4) is 0 Å². The molecule has 0 aliphatic heterocycles. The third kappa shape index (κ3) is 3.79. The fraction of sp³-hybridized carbons (Fsp3) is 0.304. The van der Waals surface area contributed by atoms with E-state index in [2.05, 4.69) is 0 Å². The van der Waals surface area contributed by atoms with Crippen molar-refractivity contribution in [2.75, 3.05) is 0 Å². The van der Waals surface area contributed by atoms with Crippen LogP contribution in [0.1, 0.15) is 54.2 Å². The molecule has 0 radical (unpaired) electrons. The van der Waals surface area contributed by atoms with Gasteiger partial charge in [0.25, 0.3) is 5.91 Å². The number of nitrogens with zero attached hydrogens (tertiary/aromatic N) is 1. The second-order valence-electron chi connectivity index (χ2n) is 7.61. The summed E-state index contributed by atoms with van der Waals surface area (Å²) in [4.78, 5) is 25.3. The van der Waals surface area contributed by atoms with E-state index in [4.69, 9.17) is 0 Å². The quantitative estimate of drug-likeness (QED) is 0.578. The lowest BCUT2D eigenvalue weighted by Gasteiger charge is -2.17. The SMILES string of the molecule is CCC(C)CC(C(=O)O)c1c(C)n(C(=O)c2cccc(F)c2)c2cc(F)c(O)cc12. The van der Waals surface area contributed by atoms with Crippen LogP contribution in [-0.2, 0) is 4.79 Å². The smallest absolute Gasteiger partial charge is 0.311 e. The predicted octanol–water partition coefficient (Wildman–Crippen LogP) is 5.23. The minimum absolute atomic E-state index is 0.0452. The standard InChI is InChI=1S/C23H23F2NO4/c1-4-12(2)8-17(23(29)30)21-13(3)26(19-11-18(25)20(27)10-16(19)21)22(28)14-6-5-7-15(24)9-14/h5-7,9-12,17,27H,4,8H2,1-3H3,(H,29,30). The van der Waals surface area contributed by atoms with E-state index in [1.165, 1.54) is 22.8 Å². The summed E-state index contributed by atoms with van der Waals surface area (Å²) in [6.07, 6.45) is 1.08. The van der Waals surface area contributed by atoms with Crippen molar-refractivity contribution in [3.63, 3.8) is 0 Å². The van der Waals surface area contributed by atoms with Crippen molar-refractivity contribution in [1.29, 1.82) is 0 Å². The molecule has 1 aromatic heterocycles. The molecule has 0 bridgehead atoms. The van der Waals surface area contributed by atoms with Gasteiger partial charge in [-0.05, 0) is 49.1 Å². The summed E-state index contributed by atoms with van der Waals surface area (Å²) < 4.78 is 29.0. The molecular formula is C23H23F2NO4. The number of fused-ring (bicyclic) bond motifs is 1. The van der Waals surface area contributed by atoms with Crippen LogP contribution < -0.4 is 0 Å². The Morgan fingerprint density at radius 3 is 2.47 bits per heavy atom. The van der Waals surface area contributed by atoms with Crippen molar-refractivity contribution < 1.29 is 28.6 Å². The van der Waals surface area contributed by atoms with Gasteiger partial charge in [-0.25, -0.2) is 8.78 Å². The molecule has 5 nitrogen and oxygen atoms in total. The van der Waals surface area contributed by atoms with Crippen molar-refractivity contribution in [2.24, 2.45) is 5.92 Å². The fourth-order valence-electron chi connectivity index (χ4n) is 3.81.